The average molecular weight is 532 g/mol. The Labute approximate surface area is 221 Å². The van der Waals surface area contributed by atoms with Gasteiger partial charge in [-0.25, -0.2) is 9.37 Å². The predicted octanol–water partition coefficient (Wildman–Crippen LogP) is 7.63. The summed E-state index contributed by atoms with van der Waals surface area (Å²) in [5.41, 5.74) is 1.26. The van der Waals surface area contributed by atoms with Gasteiger partial charge in [0.1, 0.15) is 30.0 Å². The molecule has 0 spiro atoms. The van der Waals surface area contributed by atoms with Crippen LogP contribution in [0.15, 0.2) is 36.4 Å². The number of hydrogen-bond acceptors (Lipinski definition) is 3. The second-order valence-electron chi connectivity index (χ2n) is 10.1. The van der Waals surface area contributed by atoms with E-state index in [2.05, 4.69) is 5.32 Å². The van der Waals surface area contributed by atoms with Crippen LogP contribution in [-0.2, 0) is 11.4 Å². The highest BCUT2D eigenvalue weighted by Gasteiger charge is 2.35. The molecule has 192 valence electrons. The first kappa shape index (κ1) is 25.3. The molecule has 2 aliphatic carbocycles. The van der Waals surface area contributed by atoms with Crippen molar-refractivity contribution in [2.24, 2.45) is 5.92 Å². The molecule has 1 unspecified atom stereocenters. The Morgan fingerprint density at radius 1 is 1.03 bits per heavy atom. The van der Waals surface area contributed by atoms with Gasteiger partial charge in [0.15, 0.2) is 0 Å². The van der Waals surface area contributed by atoms with Gasteiger partial charge in [-0.2, -0.15) is 0 Å². The zero-order valence-corrected chi connectivity index (χ0v) is 21.8. The van der Waals surface area contributed by atoms with Gasteiger partial charge in [-0.3, -0.25) is 4.79 Å². The van der Waals surface area contributed by atoms with E-state index in [1.165, 1.54) is 25.0 Å². The fourth-order valence-electron chi connectivity index (χ4n) is 5.79. The van der Waals surface area contributed by atoms with Crippen LogP contribution in [0.25, 0.3) is 11.0 Å². The molecule has 0 radical (unpaired) electrons. The highest BCUT2D eigenvalue weighted by Crippen LogP contribution is 2.37. The van der Waals surface area contributed by atoms with E-state index in [9.17, 15) is 9.18 Å². The number of amides is 1. The number of carbonyl (C=O) groups is 1. The van der Waals surface area contributed by atoms with E-state index in [1.807, 2.05) is 4.57 Å². The Hall–Kier alpha value is -2.31. The van der Waals surface area contributed by atoms with Crippen LogP contribution in [0, 0.1) is 11.7 Å². The summed E-state index contributed by atoms with van der Waals surface area (Å²) >= 11 is 12.4. The minimum atomic E-state index is -0.474. The SMILES string of the molecule is O=C(NC1CCCCC1)C(C1CCCCC1)n1c(COc2ccc(Cl)cc2Cl)nc2ccc(F)cc21. The van der Waals surface area contributed by atoms with Crippen molar-refractivity contribution in [1.82, 2.24) is 14.9 Å². The molecule has 1 atom stereocenters. The van der Waals surface area contributed by atoms with Gasteiger partial charge in [-0.1, -0.05) is 61.7 Å². The topological polar surface area (TPSA) is 56.2 Å². The summed E-state index contributed by atoms with van der Waals surface area (Å²) < 4.78 is 22.4. The Morgan fingerprint density at radius 3 is 2.47 bits per heavy atom. The third-order valence-corrected chi connectivity index (χ3v) is 8.10. The highest BCUT2D eigenvalue weighted by molar-refractivity contribution is 6.35. The molecule has 8 heteroatoms. The maximum atomic E-state index is 14.4. The first-order valence-electron chi connectivity index (χ1n) is 13.0. The lowest BCUT2D eigenvalue weighted by Gasteiger charge is -2.33. The molecular weight excluding hydrogens is 500 g/mol. The number of nitrogens with one attached hydrogen (secondary N) is 1. The molecule has 0 aliphatic heterocycles. The molecule has 36 heavy (non-hydrogen) atoms. The molecule has 5 nitrogen and oxygen atoms in total. The van der Waals surface area contributed by atoms with E-state index in [-0.39, 0.29) is 30.3 Å². The molecule has 1 N–H and O–H groups in total. The Kier molecular flexibility index (Phi) is 8.02. The fourth-order valence-corrected chi connectivity index (χ4v) is 6.25. The number of nitrogens with zero attached hydrogens (tertiary/aromatic N) is 2. The summed E-state index contributed by atoms with van der Waals surface area (Å²) in [5.74, 6) is 0.860. The predicted molar refractivity (Wildman–Crippen MR) is 141 cm³/mol. The van der Waals surface area contributed by atoms with Crippen LogP contribution < -0.4 is 10.1 Å². The molecule has 1 aromatic heterocycles. The van der Waals surface area contributed by atoms with Crippen molar-refractivity contribution in [2.75, 3.05) is 0 Å². The zero-order valence-electron chi connectivity index (χ0n) is 20.3. The Balaban J connectivity index is 1.53. The summed E-state index contributed by atoms with van der Waals surface area (Å²) in [5, 5.41) is 4.26. The van der Waals surface area contributed by atoms with E-state index in [4.69, 9.17) is 32.9 Å². The number of aromatic nitrogens is 2. The minimum Gasteiger partial charge on any atom is -0.484 e. The highest BCUT2D eigenvalue weighted by atomic mass is 35.5. The minimum absolute atomic E-state index is 0.00290. The summed E-state index contributed by atoms with van der Waals surface area (Å²) in [6, 6.07) is 9.31. The van der Waals surface area contributed by atoms with Crippen LogP contribution in [0.3, 0.4) is 0 Å². The van der Waals surface area contributed by atoms with Crippen molar-refractivity contribution in [2.45, 2.75) is 82.9 Å². The zero-order chi connectivity index (χ0) is 25.1. The summed E-state index contributed by atoms with van der Waals surface area (Å²) in [6.45, 7) is 0.0948. The molecule has 2 aromatic carbocycles. The number of hydrogen-bond donors (Lipinski definition) is 1. The maximum absolute atomic E-state index is 14.4. The van der Waals surface area contributed by atoms with Gasteiger partial charge in [-0.05, 0) is 68.0 Å². The largest absolute Gasteiger partial charge is 0.484 e. The molecule has 3 aromatic rings. The second kappa shape index (κ2) is 11.4. The molecule has 1 heterocycles. The van der Waals surface area contributed by atoms with Crippen LogP contribution in [0.1, 0.15) is 76.1 Å². The van der Waals surface area contributed by atoms with Gasteiger partial charge in [0.25, 0.3) is 0 Å². The van der Waals surface area contributed by atoms with E-state index >= 15 is 0 Å². The number of fused-ring (bicyclic) bond motifs is 1. The third-order valence-electron chi connectivity index (χ3n) is 7.57. The molecule has 0 bridgehead atoms. The van der Waals surface area contributed by atoms with E-state index in [0.717, 1.165) is 51.4 Å². The summed E-state index contributed by atoms with van der Waals surface area (Å²) in [4.78, 5) is 18.7. The molecule has 2 saturated carbocycles. The molecule has 2 fully saturated rings. The molecular formula is C28H32Cl2FN3O2. The quantitative estimate of drug-likeness (QED) is 0.340. The molecule has 5 rings (SSSR count). The maximum Gasteiger partial charge on any atom is 0.243 e. The number of carbonyl (C=O) groups excluding carboxylic acids is 1. The van der Waals surface area contributed by atoms with Crippen molar-refractivity contribution in [3.05, 3.63) is 58.1 Å². The molecule has 2 aliphatic rings. The molecule has 0 saturated heterocycles. The van der Waals surface area contributed by atoms with Crippen molar-refractivity contribution >= 4 is 40.1 Å². The van der Waals surface area contributed by atoms with Gasteiger partial charge in [0.2, 0.25) is 5.91 Å². The van der Waals surface area contributed by atoms with Crippen molar-refractivity contribution in [3.63, 3.8) is 0 Å². The van der Waals surface area contributed by atoms with Crippen LogP contribution in [0.5, 0.6) is 5.75 Å². The van der Waals surface area contributed by atoms with Crippen LogP contribution in [0.2, 0.25) is 10.0 Å². The van der Waals surface area contributed by atoms with Gasteiger partial charge in [-0.15, -0.1) is 0 Å². The number of benzene rings is 2. The van der Waals surface area contributed by atoms with Crippen LogP contribution in [-0.4, -0.2) is 21.5 Å². The normalized spacial score (nSPS) is 18.3. The fraction of sp³-hybridized carbons (Fsp3) is 0.500. The van der Waals surface area contributed by atoms with Gasteiger partial charge in [0.05, 0.1) is 16.1 Å². The van der Waals surface area contributed by atoms with Crippen molar-refractivity contribution < 1.29 is 13.9 Å². The van der Waals surface area contributed by atoms with E-state index in [1.54, 1.807) is 24.3 Å². The third kappa shape index (κ3) is 5.65. The van der Waals surface area contributed by atoms with Crippen LogP contribution >= 0.6 is 23.2 Å². The summed E-state index contributed by atoms with van der Waals surface area (Å²) in [7, 11) is 0. The standard InChI is InChI=1S/C28H32Cl2FN3O2/c29-19-11-14-25(22(30)15-19)36-17-26-33-23-13-12-20(31)16-24(23)34(26)27(18-7-3-1-4-8-18)28(35)32-21-9-5-2-6-10-21/h11-16,18,21,27H,1-10,17H2,(H,32,35). The first-order chi connectivity index (χ1) is 17.5. The van der Waals surface area contributed by atoms with Crippen molar-refractivity contribution in [3.8, 4) is 5.75 Å². The lowest BCUT2D eigenvalue weighted by Crippen LogP contribution is -2.44. The number of halogens is 3. The van der Waals surface area contributed by atoms with Gasteiger partial charge < -0.3 is 14.6 Å². The van der Waals surface area contributed by atoms with Crippen molar-refractivity contribution in [1.29, 1.82) is 0 Å². The summed E-state index contributed by atoms with van der Waals surface area (Å²) in [6.07, 6.45) is 10.8. The van der Waals surface area contributed by atoms with Crippen LogP contribution in [0.4, 0.5) is 4.39 Å². The van der Waals surface area contributed by atoms with E-state index in [0.29, 0.717) is 32.7 Å². The smallest absolute Gasteiger partial charge is 0.243 e. The lowest BCUT2D eigenvalue weighted by atomic mass is 9.83. The van der Waals surface area contributed by atoms with E-state index < -0.39 is 6.04 Å². The Bertz CT molecular complexity index is 1220. The van der Waals surface area contributed by atoms with Gasteiger partial charge >= 0.3 is 0 Å². The molecule has 1 amide bonds. The number of ether oxygens (including phenoxy) is 1. The average Bonchev–Trinajstić information content (AvgIpc) is 3.22. The first-order valence-corrected chi connectivity index (χ1v) is 13.8. The number of imidazole rings is 1. The second-order valence-corrected chi connectivity index (χ2v) is 10.9. The monoisotopic (exact) mass is 531 g/mol. The lowest BCUT2D eigenvalue weighted by molar-refractivity contribution is -0.127. The van der Waals surface area contributed by atoms with Gasteiger partial charge in [0, 0.05) is 11.1 Å². The number of rotatable bonds is 7. The Morgan fingerprint density at radius 2 is 1.75 bits per heavy atom.